The highest BCUT2D eigenvalue weighted by Crippen LogP contribution is 2.67. The molecule has 2 fully saturated rings. The molecule has 1 amide bonds. The van der Waals surface area contributed by atoms with E-state index in [0.29, 0.717) is 62.4 Å². The van der Waals surface area contributed by atoms with Crippen LogP contribution in [-0.4, -0.2) is 57.3 Å². The molecule has 0 radical (unpaired) electrons. The average Bonchev–Trinajstić information content (AvgIpc) is 3.18. The summed E-state index contributed by atoms with van der Waals surface area (Å²) in [7, 11) is 0. The molecule has 6 atom stereocenters. The van der Waals surface area contributed by atoms with E-state index < -0.39 is 17.6 Å². The second-order valence-electron chi connectivity index (χ2n) is 13.5. The molecule has 4 N–H and O–H groups in total. The number of carbonyl (C=O) groups excluding carboxylic acids is 2. The molecule has 1 spiro atoms. The Kier molecular flexibility index (Phi) is 7.12. The number of phenols is 1. The third-order valence-corrected chi connectivity index (χ3v) is 11.0. The van der Waals surface area contributed by atoms with E-state index in [9.17, 15) is 19.5 Å². The van der Waals surface area contributed by atoms with Crippen molar-refractivity contribution in [2.75, 3.05) is 6.54 Å². The highest BCUT2D eigenvalue weighted by Gasteiger charge is 2.68. The van der Waals surface area contributed by atoms with Gasteiger partial charge in [0.15, 0.2) is 0 Å². The lowest BCUT2D eigenvalue weighted by Gasteiger charge is -2.67. The third-order valence-electron chi connectivity index (χ3n) is 11.0. The minimum absolute atomic E-state index is 0.106. The van der Waals surface area contributed by atoms with E-state index in [1.807, 2.05) is 0 Å². The van der Waals surface area contributed by atoms with Gasteiger partial charge in [0.25, 0.3) is 5.91 Å². The molecule has 2 saturated carbocycles. The molecular weight excluding hydrogens is 512 g/mol. The molecule has 4 aliphatic rings. The van der Waals surface area contributed by atoms with E-state index in [0.717, 1.165) is 30.4 Å². The molecule has 0 bridgehead atoms. The van der Waals surface area contributed by atoms with E-state index in [4.69, 9.17) is 20.3 Å². The minimum Gasteiger partial charge on any atom is -0.508 e. The molecule has 0 unspecified atom stereocenters. The van der Waals surface area contributed by atoms with Crippen LogP contribution in [0, 0.1) is 22.7 Å². The average molecular weight is 557 g/mol. The van der Waals surface area contributed by atoms with Crippen molar-refractivity contribution in [3.05, 3.63) is 22.8 Å². The smallest absolute Gasteiger partial charge is 0.320 e. The first-order valence-electron chi connectivity index (χ1n) is 14.7. The number of hydrogen-bond donors (Lipinski definition) is 3. The van der Waals surface area contributed by atoms with E-state index >= 15 is 0 Å². The van der Waals surface area contributed by atoms with E-state index in [1.165, 1.54) is 6.92 Å². The first-order valence-corrected chi connectivity index (χ1v) is 14.7. The number of phenolic OH excluding ortho intramolecular Hbond substituents is 1. The van der Waals surface area contributed by atoms with Gasteiger partial charge in [0.05, 0.1) is 12.1 Å². The Balaban J connectivity index is 1.47. The van der Waals surface area contributed by atoms with Crippen molar-refractivity contribution in [2.45, 2.75) is 110 Å². The van der Waals surface area contributed by atoms with Crippen LogP contribution in [0.5, 0.6) is 11.5 Å². The summed E-state index contributed by atoms with van der Waals surface area (Å²) in [5.41, 5.74) is 6.66. The maximum Gasteiger partial charge on any atom is 0.320 e. The topological polar surface area (TPSA) is 139 Å². The van der Waals surface area contributed by atoms with Crippen LogP contribution in [0.1, 0.15) is 101 Å². The molecular formula is C31H44N2O7. The zero-order valence-electron chi connectivity index (χ0n) is 24.4. The number of nitrogens with zero attached hydrogens (tertiary/aromatic N) is 1. The van der Waals surface area contributed by atoms with Gasteiger partial charge in [-0.25, -0.2) is 0 Å². The van der Waals surface area contributed by atoms with Crippen LogP contribution in [0.3, 0.4) is 0 Å². The van der Waals surface area contributed by atoms with Crippen LogP contribution in [-0.2, 0) is 27.3 Å². The lowest BCUT2D eigenvalue weighted by atomic mass is 9.43. The fourth-order valence-corrected chi connectivity index (χ4v) is 8.46. The Morgan fingerprint density at radius 1 is 1.20 bits per heavy atom. The van der Waals surface area contributed by atoms with Crippen molar-refractivity contribution in [2.24, 2.45) is 28.4 Å². The number of carboxylic acid groups (broad SMARTS) is 1. The summed E-state index contributed by atoms with van der Waals surface area (Å²) < 4.78 is 13.1. The number of rotatable bonds is 7. The molecule has 9 nitrogen and oxygen atoms in total. The van der Waals surface area contributed by atoms with Gasteiger partial charge in [-0.2, -0.15) is 0 Å². The zero-order chi connectivity index (χ0) is 29.2. The first kappa shape index (κ1) is 28.7. The number of nitrogens with two attached hydrogens (primary N) is 1. The van der Waals surface area contributed by atoms with Gasteiger partial charge in [-0.1, -0.05) is 27.7 Å². The first-order chi connectivity index (χ1) is 18.7. The Morgan fingerprint density at radius 2 is 1.93 bits per heavy atom. The van der Waals surface area contributed by atoms with Crippen LogP contribution >= 0.6 is 0 Å². The Morgan fingerprint density at radius 3 is 2.60 bits per heavy atom. The van der Waals surface area contributed by atoms with Crippen LogP contribution in [0.15, 0.2) is 6.07 Å². The number of aliphatic carboxylic acids is 1. The van der Waals surface area contributed by atoms with Gasteiger partial charge in [0.1, 0.15) is 29.2 Å². The maximum atomic E-state index is 13.4. The van der Waals surface area contributed by atoms with Gasteiger partial charge < -0.3 is 30.3 Å². The van der Waals surface area contributed by atoms with Gasteiger partial charge in [0, 0.05) is 41.3 Å². The predicted octanol–water partition coefficient (Wildman–Crippen LogP) is 4.41. The molecule has 2 aliphatic carbocycles. The number of unbranched alkanes of at least 4 members (excludes halogenated alkanes) is 1. The molecule has 5 rings (SSSR count). The highest BCUT2D eigenvalue weighted by atomic mass is 16.5. The number of carboxylic acids is 1. The number of amides is 1. The summed E-state index contributed by atoms with van der Waals surface area (Å²) in [4.78, 5) is 38.1. The molecule has 220 valence electrons. The summed E-state index contributed by atoms with van der Waals surface area (Å²) in [6.45, 7) is 11.3. The summed E-state index contributed by atoms with van der Waals surface area (Å²) in [6.07, 6.45) is 5.50. The number of fused-ring (bicyclic) bond motifs is 3. The lowest BCUT2D eigenvalue weighted by Crippen LogP contribution is -2.70. The molecule has 2 aliphatic heterocycles. The maximum absolute atomic E-state index is 13.4. The lowest BCUT2D eigenvalue weighted by molar-refractivity contribution is -0.238. The van der Waals surface area contributed by atoms with Crippen LogP contribution < -0.4 is 10.5 Å². The van der Waals surface area contributed by atoms with Gasteiger partial charge in [-0.05, 0) is 63.4 Å². The zero-order valence-corrected chi connectivity index (χ0v) is 24.4. The minimum atomic E-state index is -1.02. The molecule has 0 aromatic heterocycles. The number of aromatic hydroxyl groups is 1. The summed E-state index contributed by atoms with van der Waals surface area (Å²) >= 11 is 0. The molecule has 2 heterocycles. The van der Waals surface area contributed by atoms with E-state index in [-0.39, 0.29) is 40.5 Å². The van der Waals surface area contributed by atoms with Crippen molar-refractivity contribution in [1.29, 1.82) is 0 Å². The van der Waals surface area contributed by atoms with Crippen molar-refractivity contribution in [3.63, 3.8) is 0 Å². The largest absolute Gasteiger partial charge is 0.508 e. The van der Waals surface area contributed by atoms with Gasteiger partial charge in [-0.3, -0.25) is 14.4 Å². The molecule has 0 saturated heterocycles. The van der Waals surface area contributed by atoms with Crippen LogP contribution in [0.4, 0.5) is 0 Å². The van der Waals surface area contributed by atoms with Crippen molar-refractivity contribution < 1.29 is 34.1 Å². The van der Waals surface area contributed by atoms with E-state index in [2.05, 4.69) is 27.7 Å². The second-order valence-corrected chi connectivity index (χ2v) is 13.5. The number of ether oxygens (including phenoxy) is 2. The highest BCUT2D eigenvalue weighted by molar-refractivity contribution is 6.00. The fourth-order valence-electron chi connectivity index (χ4n) is 8.46. The number of esters is 1. The van der Waals surface area contributed by atoms with Gasteiger partial charge in [0.2, 0.25) is 0 Å². The molecule has 1 aromatic carbocycles. The number of carbonyl (C=O) groups is 3. The Hall–Kier alpha value is -2.81. The molecule has 40 heavy (non-hydrogen) atoms. The Bertz CT molecular complexity index is 1230. The SMILES string of the molecule is CC(=O)O[C@H]1CC[C@@]23Oc4c(c(O)cc5c4CN(CCCC[C@H](N)C(=O)O)C5=O)C[C@]2(C)[C@@H](C)CC[C@H]3C1(C)C. The molecule has 9 heteroatoms. The normalized spacial score (nSPS) is 32.7. The monoisotopic (exact) mass is 556 g/mol. The van der Waals surface area contributed by atoms with Crippen molar-refractivity contribution in [1.82, 2.24) is 4.90 Å². The summed E-state index contributed by atoms with van der Waals surface area (Å²) in [5.74, 6) is -0.167. The predicted molar refractivity (Wildman–Crippen MR) is 148 cm³/mol. The van der Waals surface area contributed by atoms with Crippen LogP contribution in [0.2, 0.25) is 0 Å². The molecule has 1 aromatic rings. The van der Waals surface area contributed by atoms with Crippen molar-refractivity contribution in [3.8, 4) is 11.5 Å². The Labute approximate surface area is 236 Å². The van der Waals surface area contributed by atoms with Gasteiger partial charge in [-0.15, -0.1) is 0 Å². The van der Waals surface area contributed by atoms with Gasteiger partial charge >= 0.3 is 11.9 Å². The second kappa shape index (κ2) is 9.93. The standard InChI is InChI=1S/C31H44N2O7/c1-17-9-10-24-29(3,4)25(39-18(2)34)11-12-31(24)30(17,5)15-20-23(35)14-19-21(26(20)40-31)16-33(27(19)36)13-7-6-8-22(32)28(37)38/h14,17,22,24-25,35H,6-13,15-16,32H2,1-5H3,(H,37,38)/t17-,22-,24-,25-,30+,31-/m0/s1. The fraction of sp³-hybridized carbons (Fsp3) is 0.710. The van der Waals surface area contributed by atoms with Crippen LogP contribution in [0.25, 0.3) is 0 Å². The van der Waals surface area contributed by atoms with Crippen molar-refractivity contribution >= 4 is 17.8 Å². The third kappa shape index (κ3) is 4.27. The quantitative estimate of drug-likeness (QED) is 0.332. The van der Waals surface area contributed by atoms with E-state index in [1.54, 1.807) is 11.0 Å². The number of hydrogen-bond acceptors (Lipinski definition) is 7. The summed E-state index contributed by atoms with van der Waals surface area (Å²) in [6, 6.07) is 0.706. The number of benzene rings is 1. The summed E-state index contributed by atoms with van der Waals surface area (Å²) in [5, 5.41) is 20.2.